The highest BCUT2D eigenvalue weighted by atomic mass is 32.2. The van der Waals surface area contributed by atoms with Crippen LogP contribution in [0.1, 0.15) is 93.4 Å². The van der Waals surface area contributed by atoms with Crippen molar-refractivity contribution in [2.75, 3.05) is 26.6 Å². The van der Waals surface area contributed by atoms with Gasteiger partial charge in [-0.1, -0.05) is 101 Å². The zero-order chi connectivity index (χ0) is 28.6. The topological polar surface area (TPSA) is 69.7 Å². The second-order valence-electron chi connectivity index (χ2n) is 10.2. The number of unbranched alkanes of at least 4 members (excludes halogenated alkanes) is 10. The Bertz CT molecular complexity index is 1120. The molecule has 0 aliphatic carbocycles. The molecular weight excluding hydrogens is 520 g/mol. The van der Waals surface area contributed by atoms with Crippen molar-refractivity contribution in [3.63, 3.8) is 0 Å². The number of nitrogens with one attached hydrogen (secondary N) is 1. The van der Waals surface area contributed by atoms with Crippen LogP contribution in [0.4, 0.5) is 5.69 Å². The quantitative estimate of drug-likeness (QED) is 0.116. The number of methoxy groups -OCH3 is 3. The second kappa shape index (κ2) is 17.6. The number of aryl methyl sites for hydroxylation is 1. The maximum absolute atomic E-state index is 14.0. The van der Waals surface area contributed by atoms with E-state index < -0.39 is 15.7 Å². The molecule has 7 heteroatoms. The van der Waals surface area contributed by atoms with Crippen LogP contribution in [0, 0.1) is 0 Å². The van der Waals surface area contributed by atoms with E-state index in [0.29, 0.717) is 22.9 Å². The first-order valence-electron chi connectivity index (χ1n) is 14.7. The van der Waals surface area contributed by atoms with Crippen molar-refractivity contribution >= 4 is 22.1 Å². The standard InChI is InChI=1S/C33H46N2O4S/c1-5-6-7-8-9-10-11-12-13-14-18-21-30-34-22-23-40(30)32(26-19-16-15-17-20-26)33(36)35-31-28(38-3)24-27(37-2)25-29(31)39-4/h15-17,19-20,22-25,32H,5-14,18,21H2,1-4H3/p+1. The fourth-order valence-corrected chi connectivity index (χ4v) is 7.10. The van der Waals surface area contributed by atoms with Gasteiger partial charge in [-0.3, -0.25) is 4.79 Å². The van der Waals surface area contributed by atoms with Crippen molar-refractivity contribution in [2.24, 2.45) is 0 Å². The first-order valence-corrected chi connectivity index (χ1v) is 16.1. The van der Waals surface area contributed by atoms with Crippen LogP contribution in [0.15, 0.2) is 54.0 Å². The molecule has 0 fully saturated rings. The van der Waals surface area contributed by atoms with Crippen LogP contribution < -0.4 is 19.5 Å². The average Bonchev–Trinajstić information content (AvgIpc) is 3.44. The number of ether oxygens (including phenoxy) is 3. The van der Waals surface area contributed by atoms with Crippen LogP contribution in [0.3, 0.4) is 0 Å². The van der Waals surface area contributed by atoms with E-state index >= 15 is 0 Å². The molecule has 40 heavy (non-hydrogen) atoms. The van der Waals surface area contributed by atoms with E-state index in [1.54, 1.807) is 33.5 Å². The Morgan fingerprint density at radius 3 is 1.95 bits per heavy atom. The van der Waals surface area contributed by atoms with Gasteiger partial charge in [0.1, 0.15) is 22.9 Å². The van der Waals surface area contributed by atoms with Gasteiger partial charge in [0, 0.05) is 34.6 Å². The molecule has 3 aromatic rings. The van der Waals surface area contributed by atoms with Gasteiger partial charge in [-0.2, -0.15) is 0 Å². The van der Waals surface area contributed by atoms with E-state index in [1.165, 1.54) is 64.2 Å². The lowest BCUT2D eigenvalue weighted by Crippen LogP contribution is -2.20. The van der Waals surface area contributed by atoms with E-state index in [0.717, 1.165) is 23.4 Å². The molecule has 1 N–H and O–H groups in total. The van der Waals surface area contributed by atoms with Gasteiger partial charge in [-0.25, -0.2) is 4.98 Å². The molecule has 0 spiro atoms. The molecule has 1 aromatic heterocycles. The Morgan fingerprint density at radius 1 is 0.825 bits per heavy atom. The van der Waals surface area contributed by atoms with E-state index in [-0.39, 0.29) is 5.91 Å². The summed E-state index contributed by atoms with van der Waals surface area (Å²) in [4.78, 5) is 18.7. The van der Waals surface area contributed by atoms with E-state index in [9.17, 15) is 4.79 Å². The van der Waals surface area contributed by atoms with Gasteiger partial charge < -0.3 is 19.5 Å². The van der Waals surface area contributed by atoms with Crippen molar-refractivity contribution < 1.29 is 19.0 Å². The molecule has 2 atom stereocenters. The number of rotatable bonds is 19. The minimum Gasteiger partial charge on any atom is -0.496 e. The van der Waals surface area contributed by atoms with Crippen molar-refractivity contribution in [3.05, 3.63) is 64.6 Å². The van der Waals surface area contributed by atoms with E-state index in [4.69, 9.17) is 19.2 Å². The first-order chi connectivity index (χ1) is 19.6. The first kappa shape index (κ1) is 31.5. The van der Waals surface area contributed by atoms with Crippen LogP contribution in [0.2, 0.25) is 0 Å². The van der Waals surface area contributed by atoms with Crippen LogP contribution in [-0.4, -0.2) is 32.2 Å². The van der Waals surface area contributed by atoms with Gasteiger partial charge >= 0.3 is 0 Å². The van der Waals surface area contributed by atoms with Gasteiger partial charge in [-0.15, -0.1) is 0 Å². The predicted octanol–water partition coefficient (Wildman–Crippen LogP) is 8.94. The Morgan fingerprint density at radius 2 is 1.40 bits per heavy atom. The predicted molar refractivity (Wildman–Crippen MR) is 166 cm³/mol. The van der Waals surface area contributed by atoms with Crippen molar-refractivity contribution in [2.45, 2.75) is 89.2 Å². The van der Waals surface area contributed by atoms with Crippen LogP contribution in [0.25, 0.3) is 0 Å². The Balaban J connectivity index is 1.66. The molecule has 1 heterocycles. The Kier molecular flexibility index (Phi) is 13.8. The summed E-state index contributed by atoms with van der Waals surface area (Å²) >= 11 is 0. The molecule has 0 radical (unpaired) electrons. The molecule has 0 saturated carbocycles. The largest absolute Gasteiger partial charge is 0.496 e. The molecule has 0 bridgehead atoms. The summed E-state index contributed by atoms with van der Waals surface area (Å²) in [5.74, 6) is 1.44. The molecule has 0 saturated heterocycles. The van der Waals surface area contributed by atoms with Crippen LogP contribution in [-0.2, 0) is 11.2 Å². The summed E-state index contributed by atoms with van der Waals surface area (Å²) < 4.78 is 16.5. The third-order valence-electron chi connectivity index (χ3n) is 7.25. The Labute approximate surface area is 243 Å². The number of hydrogen-bond donors (Lipinski definition) is 1. The lowest BCUT2D eigenvalue weighted by atomic mass is 10.1. The normalized spacial score (nSPS) is 12.2. The van der Waals surface area contributed by atoms with Gasteiger partial charge in [0.15, 0.2) is 5.38 Å². The number of aromatic nitrogens is 1. The molecule has 2 unspecified atom stereocenters. The SMILES string of the molecule is CCCCCCCCCCCCCc1ncc[s+]1C(C(=O)Nc1c(OC)cc(OC)cc1OC)c1ccccc1. The van der Waals surface area contributed by atoms with Crippen LogP contribution >= 0.6 is 10.5 Å². The van der Waals surface area contributed by atoms with Gasteiger partial charge in [0.2, 0.25) is 10.3 Å². The number of carbonyl (C=O) groups is 1. The minimum absolute atomic E-state index is 0.116. The van der Waals surface area contributed by atoms with Gasteiger partial charge in [-0.05, 0) is 6.42 Å². The number of carbonyl (C=O) groups excluding carboxylic acids is 1. The van der Waals surface area contributed by atoms with Crippen molar-refractivity contribution in [1.29, 1.82) is 0 Å². The zero-order valence-electron chi connectivity index (χ0n) is 24.7. The van der Waals surface area contributed by atoms with Gasteiger partial charge in [0.05, 0.1) is 27.5 Å². The fraction of sp³-hybridized carbons (Fsp3) is 0.515. The summed E-state index contributed by atoms with van der Waals surface area (Å²) in [6.45, 7) is 2.27. The molecule has 1 amide bonds. The number of benzene rings is 2. The van der Waals surface area contributed by atoms with E-state index in [2.05, 4.69) is 17.6 Å². The molecular formula is C33H47N2O4S+. The molecule has 3 rings (SSSR count). The monoisotopic (exact) mass is 567 g/mol. The number of nitrogens with zero attached hydrogens (tertiary/aromatic N) is 1. The second-order valence-corrected chi connectivity index (χ2v) is 12.1. The molecule has 6 nitrogen and oxygen atoms in total. The maximum atomic E-state index is 14.0. The van der Waals surface area contributed by atoms with Crippen molar-refractivity contribution in [1.82, 2.24) is 4.98 Å². The third kappa shape index (κ3) is 9.26. The average molecular weight is 568 g/mol. The molecule has 0 aliphatic heterocycles. The highest BCUT2D eigenvalue weighted by molar-refractivity contribution is 7.32. The van der Waals surface area contributed by atoms with E-state index in [1.807, 2.05) is 36.5 Å². The molecule has 2 aromatic carbocycles. The van der Waals surface area contributed by atoms with Crippen LogP contribution in [0.5, 0.6) is 17.2 Å². The maximum Gasteiger partial charge on any atom is 0.287 e. The molecule has 0 aliphatic rings. The number of hydrogen-bond acceptors (Lipinski definition) is 5. The molecule has 218 valence electrons. The summed E-state index contributed by atoms with van der Waals surface area (Å²) in [6, 6.07) is 13.5. The smallest absolute Gasteiger partial charge is 0.287 e. The zero-order valence-corrected chi connectivity index (χ0v) is 25.6. The van der Waals surface area contributed by atoms with Crippen molar-refractivity contribution in [3.8, 4) is 17.2 Å². The summed E-state index contributed by atoms with van der Waals surface area (Å²) in [7, 11) is 4.28. The fourth-order valence-electron chi connectivity index (χ4n) is 5.01. The lowest BCUT2D eigenvalue weighted by molar-refractivity contribution is -0.115. The lowest BCUT2D eigenvalue weighted by Gasteiger charge is -2.17. The summed E-state index contributed by atoms with van der Waals surface area (Å²) in [5.41, 5.74) is 1.46. The highest BCUT2D eigenvalue weighted by Gasteiger charge is 2.35. The number of thiazole rings is 1. The Hall–Kier alpha value is -3.06. The minimum atomic E-state index is -0.444. The highest BCUT2D eigenvalue weighted by Crippen LogP contribution is 2.43. The number of amides is 1. The van der Waals surface area contributed by atoms with Gasteiger partial charge in [0.25, 0.3) is 5.91 Å². The third-order valence-corrected chi connectivity index (χ3v) is 9.51. The summed E-state index contributed by atoms with van der Waals surface area (Å²) in [5, 5.41) is 5.91. The number of anilines is 1. The summed E-state index contributed by atoms with van der Waals surface area (Å²) in [6.07, 6.45) is 17.2.